The van der Waals surface area contributed by atoms with Crippen LogP contribution in [0.2, 0.25) is 0 Å². The fourth-order valence-corrected chi connectivity index (χ4v) is 6.48. The number of nitrogens with zero attached hydrogens (tertiary/aromatic N) is 3. The number of carbonyl (C=O) groups is 1. The second-order valence-corrected chi connectivity index (χ2v) is 11.7. The van der Waals surface area contributed by atoms with Gasteiger partial charge in [0.15, 0.2) is 15.0 Å². The van der Waals surface area contributed by atoms with Crippen LogP contribution in [0.25, 0.3) is 10.9 Å². The lowest BCUT2D eigenvalue weighted by Crippen LogP contribution is -2.40. The first-order valence-electron chi connectivity index (χ1n) is 11.1. The Balaban J connectivity index is 1.79. The number of fused-ring (bicyclic) bond motifs is 1. The Morgan fingerprint density at radius 3 is 2.69 bits per heavy atom. The van der Waals surface area contributed by atoms with Crippen LogP contribution in [0.4, 0.5) is 0 Å². The van der Waals surface area contributed by atoms with Gasteiger partial charge in [0.2, 0.25) is 5.91 Å². The monoisotopic (exact) mass is 480 g/mol. The van der Waals surface area contributed by atoms with Crippen LogP contribution in [0.5, 0.6) is 0 Å². The molecule has 1 aromatic carbocycles. The normalized spacial score (nSPS) is 18.8. The minimum atomic E-state index is -3.07. The minimum Gasteiger partial charge on any atom is -0.351 e. The molecule has 2 atom stereocenters. The average Bonchev–Trinajstić information content (AvgIpc) is 3.11. The topological polar surface area (TPSA) is 101 Å². The first-order valence-corrected chi connectivity index (χ1v) is 13.8. The first-order chi connectivity index (χ1) is 15.2. The highest BCUT2D eigenvalue weighted by molar-refractivity contribution is 8.00. The smallest absolute Gasteiger partial charge is 0.262 e. The molecule has 0 aliphatic carbocycles. The summed E-state index contributed by atoms with van der Waals surface area (Å²) in [6.45, 7) is 9.29. The highest BCUT2D eigenvalue weighted by Gasteiger charge is 2.30. The summed E-state index contributed by atoms with van der Waals surface area (Å²) in [7, 11) is -3.07. The fourth-order valence-electron chi connectivity index (χ4n) is 3.87. The molecule has 1 N–H and O–H groups in total. The van der Waals surface area contributed by atoms with Crippen molar-refractivity contribution in [2.24, 2.45) is 0 Å². The molecule has 0 saturated carbocycles. The largest absolute Gasteiger partial charge is 0.351 e. The van der Waals surface area contributed by atoms with Gasteiger partial charge in [-0.25, -0.2) is 13.4 Å². The van der Waals surface area contributed by atoms with Crippen molar-refractivity contribution in [3.8, 4) is 0 Å². The Morgan fingerprint density at radius 2 is 2.03 bits per heavy atom. The van der Waals surface area contributed by atoms with Crippen molar-refractivity contribution < 1.29 is 13.2 Å². The molecule has 8 nitrogen and oxygen atoms in total. The van der Waals surface area contributed by atoms with E-state index in [4.69, 9.17) is 0 Å². The van der Waals surface area contributed by atoms with Crippen LogP contribution < -0.4 is 10.9 Å². The molecule has 0 bridgehead atoms. The molecule has 1 aromatic heterocycles. The Kier molecular flexibility index (Phi) is 8.35. The van der Waals surface area contributed by atoms with Crippen molar-refractivity contribution in [2.75, 3.05) is 31.1 Å². The van der Waals surface area contributed by atoms with Gasteiger partial charge < -0.3 is 10.2 Å². The Morgan fingerprint density at radius 1 is 1.31 bits per heavy atom. The molecule has 3 rings (SSSR count). The maximum atomic E-state index is 13.2. The molecule has 1 amide bonds. The number of amides is 1. The molecule has 2 heterocycles. The molecule has 176 valence electrons. The number of sulfone groups is 1. The summed E-state index contributed by atoms with van der Waals surface area (Å²) in [6, 6.07) is 6.89. The average molecular weight is 481 g/mol. The highest BCUT2D eigenvalue weighted by atomic mass is 32.2. The third-order valence-electron chi connectivity index (χ3n) is 5.81. The Labute approximate surface area is 193 Å². The van der Waals surface area contributed by atoms with E-state index in [1.807, 2.05) is 12.1 Å². The van der Waals surface area contributed by atoms with Gasteiger partial charge >= 0.3 is 0 Å². The van der Waals surface area contributed by atoms with E-state index in [0.717, 1.165) is 26.1 Å². The van der Waals surface area contributed by atoms with Gasteiger partial charge in [0.05, 0.1) is 27.7 Å². The van der Waals surface area contributed by atoms with E-state index >= 15 is 0 Å². The predicted octanol–water partition coefficient (Wildman–Crippen LogP) is 1.91. The van der Waals surface area contributed by atoms with Crippen LogP contribution in [0.1, 0.15) is 33.6 Å². The van der Waals surface area contributed by atoms with E-state index < -0.39 is 15.1 Å². The third kappa shape index (κ3) is 6.11. The molecule has 10 heteroatoms. The number of hydrogen-bond donors (Lipinski definition) is 1. The van der Waals surface area contributed by atoms with Gasteiger partial charge in [-0.05, 0) is 51.5 Å². The lowest BCUT2D eigenvalue weighted by Gasteiger charge is -2.20. The Hall–Kier alpha value is -1.91. The van der Waals surface area contributed by atoms with Crippen LogP contribution in [0, 0.1) is 0 Å². The van der Waals surface area contributed by atoms with Crippen LogP contribution >= 0.6 is 11.8 Å². The molecule has 32 heavy (non-hydrogen) atoms. The van der Waals surface area contributed by atoms with Crippen LogP contribution in [0.15, 0.2) is 34.2 Å². The second kappa shape index (κ2) is 10.8. The van der Waals surface area contributed by atoms with Gasteiger partial charge in [-0.1, -0.05) is 37.7 Å². The van der Waals surface area contributed by atoms with Gasteiger partial charge in [0.1, 0.15) is 0 Å². The maximum Gasteiger partial charge on any atom is 0.262 e. The molecule has 1 fully saturated rings. The molecule has 0 radical (unpaired) electrons. The van der Waals surface area contributed by atoms with Crippen LogP contribution in [0.3, 0.4) is 0 Å². The zero-order valence-corrected chi connectivity index (χ0v) is 20.5. The SMILES string of the molecule is CCN(CC)CCCn1c(SC(C)C(=O)NC2CCS(=O)(=O)C2)nc2ccccc2c1=O. The van der Waals surface area contributed by atoms with Crippen molar-refractivity contribution in [1.82, 2.24) is 19.8 Å². The minimum absolute atomic E-state index is 0.0135. The van der Waals surface area contributed by atoms with Gasteiger partial charge in [0, 0.05) is 12.6 Å². The summed E-state index contributed by atoms with van der Waals surface area (Å²) in [5.74, 6) is -0.146. The molecule has 0 spiro atoms. The molecule has 2 unspecified atom stereocenters. The molecule has 2 aromatic rings. The van der Waals surface area contributed by atoms with E-state index in [0.29, 0.717) is 29.0 Å². The van der Waals surface area contributed by atoms with Crippen molar-refractivity contribution in [3.63, 3.8) is 0 Å². The number of nitrogens with one attached hydrogen (secondary N) is 1. The predicted molar refractivity (Wildman–Crippen MR) is 129 cm³/mol. The Bertz CT molecular complexity index is 1110. The summed E-state index contributed by atoms with van der Waals surface area (Å²) >= 11 is 1.24. The summed E-state index contributed by atoms with van der Waals surface area (Å²) in [5.41, 5.74) is 0.502. The van der Waals surface area contributed by atoms with E-state index in [1.54, 1.807) is 23.6 Å². The van der Waals surface area contributed by atoms with Crippen molar-refractivity contribution >= 4 is 38.4 Å². The zero-order valence-electron chi connectivity index (χ0n) is 18.9. The van der Waals surface area contributed by atoms with Crippen molar-refractivity contribution in [1.29, 1.82) is 0 Å². The van der Waals surface area contributed by atoms with Crippen molar-refractivity contribution in [2.45, 2.75) is 56.6 Å². The highest BCUT2D eigenvalue weighted by Crippen LogP contribution is 2.23. The van der Waals surface area contributed by atoms with E-state index in [-0.39, 0.29) is 29.0 Å². The fraction of sp³-hybridized carbons (Fsp3) is 0.591. The lowest BCUT2D eigenvalue weighted by atomic mass is 10.2. The number of thioether (sulfide) groups is 1. The number of carbonyl (C=O) groups excluding carboxylic acids is 1. The molecule has 1 saturated heterocycles. The second-order valence-electron chi connectivity index (χ2n) is 8.12. The van der Waals surface area contributed by atoms with Gasteiger partial charge in [0.25, 0.3) is 5.56 Å². The molecular formula is C22H32N4O4S2. The number of hydrogen-bond acceptors (Lipinski definition) is 7. The van der Waals surface area contributed by atoms with E-state index in [9.17, 15) is 18.0 Å². The zero-order chi connectivity index (χ0) is 23.3. The maximum absolute atomic E-state index is 13.2. The van der Waals surface area contributed by atoms with Crippen molar-refractivity contribution in [3.05, 3.63) is 34.6 Å². The van der Waals surface area contributed by atoms with Gasteiger partial charge in [-0.15, -0.1) is 0 Å². The molecule has 1 aliphatic rings. The summed E-state index contributed by atoms with van der Waals surface area (Å²) in [5, 5.41) is 3.40. The van der Waals surface area contributed by atoms with Gasteiger partial charge in [-0.3, -0.25) is 14.2 Å². The van der Waals surface area contributed by atoms with Crippen LogP contribution in [-0.2, 0) is 21.2 Å². The van der Waals surface area contributed by atoms with Crippen LogP contribution in [-0.4, -0.2) is 71.2 Å². The number of aromatic nitrogens is 2. The number of rotatable bonds is 10. The third-order valence-corrected chi connectivity index (χ3v) is 8.67. The van der Waals surface area contributed by atoms with E-state index in [2.05, 4.69) is 29.0 Å². The lowest BCUT2D eigenvalue weighted by molar-refractivity contribution is -0.120. The van der Waals surface area contributed by atoms with E-state index in [1.165, 1.54) is 11.8 Å². The van der Waals surface area contributed by atoms with Gasteiger partial charge in [-0.2, -0.15) is 0 Å². The summed E-state index contributed by atoms with van der Waals surface area (Å²) in [4.78, 5) is 32.9. The number of para-hydroxylation sites is 1. The standard InChI is InChI=1S/C22H32N4O4S2/c1-4-25(5-2)12-8-13-26-21(28)18-9-6-7-10-19(18)24-22(26)31-16(3)20(27)23-17-11-14-32(29,30)15-17/h6-7,9-10,16-17H,4-5,8,11-15H2,1-3H3,(H,23,27). The number of benzene rings is 1. The first kappa shape index (κ1) is 24.7. The molecular weight excluding hydrogens is 448 g/mol. The quantitative estimate of drug-likeness (QED) is 0.409. The summed E-state index contributed by atoms with van der Waals surface area (Å²) in [6.07, 6.45) is 1.24. The summed E-state index contributed by atoms with van der Waals surface area (Å²) < 4.78 is 25.0. The molecule has 1 aliphatic heterocycles.